The van der Waals surface area contributed by atoms with Gasteiger partial charge in [0.1, 0.15) is 11.5 Å². The summed E-state index contributed by atoms with van der Waals surface area (Å²) in [5, 5.41) is 3.32. The predicted molar refractivity (Wildman–Crippen MR) is 98.2 cm³/mol. The molecule has 25 heavy (non-hydrogen) atoms. The van der Waals surface area contributed by atoms with Crippen LogP contribution in [0.15, 0.2) is 85.3 Å². The molecule has 0 saturated heterocycles. The first-order valence-electron chi connectivity index (χ1n) is 7.91. The molecule has 120 valence electrons. The molecule has 0 saturated carbocycles. The van der Waals surface area contributed by atoms with Crippen LogP contribution in [-0.2, 0) is 0 Å². The highest BCUT2D eigenvalue weighted by Crippen LogP contribution is 2.24. The number of nitrogens with zero attached hydrogens (tertiary/aromatic N) is 4. The van der Waals surface area contributed by atoms with E-state index in [1.165, 1.54) is 0 Å². The van der Waals surface area contributed by atoms with Crippen LogP contribution in [0.1, 0.15) is 0 Å². The van der Waals surface area contributed by atoms with Gasteiger partial charge < -0.3 is 5.32 Å². The van der Waals surface area contributed by atoms with Gasteiger partial charge in [0.25, 0.3) is 0 Å². The summed E-state index contributed by atoms with van der Waals surface area (Å²) in [7, 11) is 0. The lowest BCUT2D eigenvalue weighted by Gasteiger charge is -2.10. The second-order valence-corrected chi connectivity index (χ2v) is 5.41. The highest BCUT2D eigenvalue weighted by Gasteiger charge is 2.10. The van der Waals surface area contributed by atoms with E-state index in [1.54, 1.807) is 18.6 Å². The lowest BCUT2D eigenvalue weighted by molar-refractivity contribution is 1.14. The number of aromatic nitrogens is 4. The maximum absolute atomic E-state index is 4.66. The van der Waals surface area contributed by atoms with Gasteiger partial charge in [0.05, 0.1) is 5.69 Å². The molecular formula is C20H15N5. The highest BCUT2D eigenvalue weighted by molar-refractivity contribution is 5.68. The topological polar surface area (TPSA) is 63.6 Å². The molecule has 0 atom stereocenters. The number of rotatable bonds is 4. The Kier molecular flexibility index (Phi) is 4.12. The summed E-state index contributed by atoms with van der Waals surface area (Å²) in [5.74, 6) is 1.28. The Balaban J connectivity index is 1.80. The van der Waals surface area contributed by atoms with Crippen LogP contribution < -0.4 is 5.32 Å². The van der Waals surface area contributed by atoms with Crippen molar-refractivity contribution in [1.82, 2.24) is 19.9 Å². The number of hydrogen-bond acceptors (Lipinski definition) is 5. The minimum Gasteiger partial charge on any atom is -0.340 e. The molecule has 5 nitrogen and oxygen atoms in total. The van der Waals surface area contributed by atoms with Gasteiger partial charge in [-0.2, -0.15) is 0 Å². The molecule has 0 spiro atoms. The fourth-order valence-electron chi connectivity index (χ4n) is 2.45. The van der Waals surface area contributed by atoms with Crippen LogP contribution in [0.2, 0.25) is 0 Å². The maximum atomic E-state index is 4.66. The summed E-state index contributed by atoms with van der Waals surface area (Å²) in [4.78, 5) is 17.8. The Hall–Kier alpha value is -3.60. The van der Waals surface area contributed by atoms with E-state index in [9.17, 15) is 0 Å². The zero-order valence-electron chi connectivity index (χ0n) is 13.4. The second-order valence-electron chi connectivity index (χ2n) is 5.41. The molecular weight excluding hydrogens is 310 g/mol. The Bertz CT molecular complexity index is 899. The van der Waals surface area contributed by atoms with Crippen molar-refractivity contribution < 1.29 is 0 Å². The third-order valence-corrected chi connectivity index (χ3v) is 3.62. The lowest BCUT2D eigenvalue weighted by Crippen LogP contribution is -2.00. The van der Waals surface area contributed by atoms with Gasteiger partial charge in [0.15, 0.2) is 5.82 Å². The minimum atomic E-state index is 0.570. The summed E-state index contributed by atoms with van der Waals surface area (Å²) in [6.07, 6.45) is 5.27. The van der Waals surface area contributed by atoms with Crippen LogP contribution in [0, 0.1) is 0 Å². The van der Waals surface area contributed by atoms with Gasteiger partial charge in [-0.15, -0.1) is 0 Å². The number of anilines is 2. The largest absolute Gasteiger partial charge is 0.340 e. The first-order valence-corrected chi connectivity index (χ1v) is 7.91. The van der Waals surface area contributed by atoms with Crippen LogP contribution in [-0.4, -0.2) is 19.9 Å². The molecule has 0 aliphatic carbocycles. The second kappa shape index (κ2) is 6.88. The molecule has 3 aromatic heterocycles. The molecule has 1 aromatic carbocycles. The van der Waals surface area contributed by atoms with Gasteiger partial charge in [-0.25, -0.2) is 9.97 Å². The SMILES string of the molecule is c1ccc(Nc2cc(-c3cccnc3)nc(-c3ccccn3)n2)cc1. The van der Waals surface area contributed by atoms with Gasteiger partial charge in [-0.05, 0) is 36.4 Å². The van der Waals surface area contributed by atoms with Crippen molar-refractivity contribution in [1.29, 1.82) is 0 Å². The van der Waals surface area contributed by atoms with E-state index in [4.69, 9.17) is 0 Å². The molecule has 4 rings (SSSR count). The zero-order valence-corrected chi connectivity index (χ0v) is 13.4. The molecule has 5 heteroatoms. The van der Waals surface area contributed by atoms with Gasteiger partial charge in [-0.3, -0.25) is 9.97 Å². The molecule has 4 aromatic rings. The van der Waals surface area contributed by atoms with E-state index in [-0.39, 0.29) is 0 Å². The van der Waals surface area contributed by atoms with Crippen molar-refractivity contribution in [3.8, 4) is 22.8 Å². The zero-order chi connectivity index (χ0) is 16.9. The Morgan fingerprint density at radius 3 is 2.36 bits per heavy atom. The van der Waals surface area contributed by atoms with Crippen LogP contribution >= 0.6 is 0 Å². The first-order chi connectivity index (χ1) is 12.4. The third kappa shape index (κ3) is 3.50. The molecule has 0 amide bonds. The van der Waals surface area contributed by atoms with Crippen molar-refractivity contribution in [3.05, 3.63) is 85.3 Å². The first kappa shape index (κ1) is 15.0. The van der Waals surface area contributed by atoms with Crippen LogP contribution in [0.5, 0.6) is 0 Å². The lowest BCUT2D eigenvalue weighted by atomic mass is 10.2. The summed E-state index contributed by atoms with van der Waals surface area (Å²) >= 11 is 0. The van der Waals surface area contributed by atoms with E-state index in [0.29, 0.717) is 11.6 Å². The molecule has 0 unspecified atom stereocenters. The Morgan fingerprint density at radius 1 is 0.720 bits per heavy atom. The van der Waals surface area contributed by atoms with E-state index < -0.39 is 0 Å². The van der Waals surface area contributed by atoms with E-state index in [2.05, 4.69) is 25.3 Å². The smallest absolute Gasteiger partial charge is 0.180 e. The van der Waals surface area contributed by atoms with Gasteiger partial charge in [0, 0.05) is 35.9 Å². The number of benzene rings is 1. The summed E-state index contributed by atoms with van der Waals surface area (Å²) in [5.41, 5.74) is 3.41. The van der Waals surface area contributed by atoms with Crippen molar-refractivity contribution in [2.75, 3.05) is 5.32 Å². The molecule has 0 bridgehead atoms. The average Bonchev–Trinajstić information content (AvgIpc) is 2.70. The molecule has 0 aliphatic heterocycles. The number of para-hydroxylation sites is 1. The van der Waals surface area contributed by atoms with Gasteiger partial charge in [-0.1, -0.05) is 24.3 Å². The number of nitrogens with one attached hydrogen (secondary N) is 1. The fraction of sp³-hybridized carbons (Fsp3) is 0. The number of pyridine rings is 2. The minimum absolute atomic E-state index is 0.570. The van der Waals surface area contributed by atoms with Crippen LogP contribution in [0.3, 0.4) is 0 Å². The van der Waals surface area contributed by atoms with Crippen molar-refractivity contribution in [2.24, 2.45) is 0 Å². The van der Waals surface area contributed by atoms with E-state index in [0.717, 1.165) is 22.6 Å². The molecule has 3 heterocycles. The summed E-state index contributed by atoms with van der Waals surface area (Å²) in [6, 6.07) is 21.4. The van der Waals surface area contributed by atoms with Crippen molar-refractivity contribution >= 4 is 11.5 Å². The third-order valence-electron chi connectivity index (χ3n) is 3.62. The summed E-state index contributed by atoms with van der Waals surface area (Å²) < 4.78 is 0. The van der Waals surface area contributed by atoms with E-state index >= 15 is 0 Å². The highest BCUT2D eigenvalue weighted by atomic mass is 15.0. The van der Waals surface area contributed by atoms with E-state index in [1.807, 2.05) is 66.7 Å². The monoisotopic (exact) mass is 325 g/mol. The fourth-order valence-corrected chi connectivity index (χ4v) is 2.45. The van der Waals surface area contributed by atoms with Crippen LogP contribution in [0.4, 0.5) is 11.5 Å². The predicted octanol–water partition coefficient (Wildman–Crippen LogP) is 4.34. The molecule has 0 fully saturated rings. The van der Waals surface area contributed by atoms with Gasteiger partial charge in [0.2, 0.25) is 0 Å². The quantitative estimate of drug-likeness (QED) is 0.604. The molecule has 1 N–H and O–H groups in total. The van der Waals surface area contributed by atoms with Crippen molar-refractivity contribution in [2.45, 2.75) is 0 Å². The standard InChI is InChI=1S/C20H15N5/c1-2-8-16(9-3-1)23-19-13-18(15-7-6-11-21-14-15)24-20(25-19)17-10-4-5-12-22-17/h1-14H,(H,23,24,25). The van der Waals surface area contributed by atoms with Gasteiger partial charge >= 0.3 is 0 Å². The molecule has 0 radical (unpaired) electrons. The summed E-state index contributed by atoms with van der Waals surface area (Å²) in [6.45, 7) is 0. The average molecular weight is 325 g/mol. The Labute approximate surface area is 145 Å². The van der Waals surface area contributed by atoms with Crippen molar-refractivity contribution in [3.63, 3.8) is 0 Å². The normalized spacial score (nSPS) is 10.4. The number of hydrogen-bond donors (Lipinski definition) is 1. The molecule has 0 aliphatic rings. The maximum Gasteiger partial charge on any atom is 0.180 e. The Morgan fingerprint density at radius 2 is 1.60 bits per heavy atom. The van der Waals surface area contributed by atoms with Crippen LogP contribution in [0.25, 0.3) is 22.8 Å².